The van der Waals surface area contributed by atoms with Crippen molar-refractivity contribution in [3.63, 3.8) is 0 Å². The molecule has 8 nitrogen and oxygen atoms in total. The Hall–Kier alpha value is -2.19. The molecule has 0 amide bonds. The molecule has 2 aromatic heterocycles. The second-order valence-corrected chi connectivity index (χ2v) is 6.90. The van der Waals surface area contributed by atoms with Gasteiger partial charge in [-0.3, -0.25) is 14.7 Å². The van der Waals surface area contributed by atoms with Crippen LogP contribution >= 0.6 is 11.6 Å². The summed E-state index contributed by atoms with van der Waals surface area (Å²) in [6, 6.07) is 1.90. The summed E-state index contributed by atoms with van der Waals surface area (Å²) in [5, 5.41) is 0.536. The zero-order valence-electron chi connectivity index (χ0n) is 14.6. The largest absolute Gasteiger partial charge is 0.348 e. The third-order valence-electron chi connectivity index (χ3n) is 4.29. The molecule has 0 radical (unpaired) electrons. The molecule has 0 aliphatic carbocycles. The molecule has 1 fully saturated rings. The van der Waals surface area contributed by atoms with Crippen molar-refractivity contribution in [2.24, 2.45) is 0 Å². The second-order valence-electron chi connectivity index (χ2n) is 6.46. The summed E-state index contributed by atoms with van der Waals surface area (Å²) in [5.41, 5.74) is 0.626. The fraction of sp³-hybridized carbons (Fsp3) is 0.500. The van der Waals surface area contributed by atoms with Crippen molar-refractivity contribution >= 4 is 23.5 Å². The van der Waals surface area contributed by atoms with Crippen molar-refractivity contribution in [3.05, 3.63) is 39.5 Å². The Labute approximate surface area is 151 Å². The minimum atomic E-state index is -0.135. The van der Waals surface area contributed by atoms with E-state index in [0.717, 1.165) is 25.2 Å². The Balaban J connectivity index is 1.65. The van der Waals surface area contributed by atoms with Crippen molar-refractivity contribution in [2.45, 2.75) is 19.0 Å². The van der Waals surface area contributed by atoms with E-state index in [9.17, 15) is 4.79 Å². The molecule has 25 heavy (non-hydrogen) atoms. The van der Waals surface area contributed by atoms with Crippen LogP contribution in [0.2, 0.25) is 5.02 Å². The summed E-state index contributed by atoms with van der Waals surface area (Å²) in [4.78, 5) is 33.8. The van der Waals surface area contributed by atoms with Gasteiger partial charge in [-0.1, -0.05) is 11.6 Å². The maximum absolute atomic E-state index is 11.8. The van der Waals surface area contributed by atoms with E-state index in [4.69, 9.17) is 11.6 Å². The van der Waals surface area contributed by atoms with Gasteiger partial charge in [-0.2, -0.15) is 0 Å². The van der Waals surface area contributed by atoms with Crippen molar-refractivity contribution in [3.8, 4) is 0 Å². The lowest BCUT2D eigenvalue weighted by molar-refractivity contribution is 0.247. The monoisotopic (exact) mass is 363 g/mol. The van der Waals surface area contributed by atoms with Gasteiger partial charge in [0.05, 0.1) is 23.1 Å². The molecule has 1 N–H and O–H groups in total. The Kier molecular flexibility index (Phi) is 5.19. The Morgan fingerprint density at radius 3 is 2.72 bits per heavy atom. The zero-order chi connectivity index (χ0) is 18.0. The first-order valence-electron chi connectivity index (χ1n) is 8.12. The van der Waals surface area contributed by atoms with Crippen LogP contribution in [0.3, 0.4) is 0 Å². The predicted octanol–water partition coefficient (Wildman–Crippen LogP) is 0.990. The molecule has 1 aliphatic heterocycles. The molecule has 0 bridgehead atoms. The first-order chi connectivity index (χ1) is 11.9. The van der Waals surface area contributed by atoms with Crippen molar-refractivity contribution in [2.75, 3.05) is 44.0 Å². The van der Waals surface area contributed by atoms with Crippen LogP contribution in [-0.2, 0) is 6.54 Å². The average molecular weight is 364 g/mol. The lowest BCUT2D eigenvalue weighted by Crippen LogP contribution is -2.35. The number of hydrogen-bond donors (Lipinski definition) is 1. The fourth-order valence-electron chi connectivity index (χ4n) is 2.92. The van der Waals surface area contributed by atoms with Gasteiger partial charge in [0.1, 0.15) is 0 Å². The van der Waals surface area contributed by atoms with E-state index < -0.39 is 0 Å². The summed E-state index contributed by atoms with van der Waals surface area (Å²) >= 11 is 5.85. The maximum atomic E-state index is 11.8. The standard InChI is InChI=1S/C16H22ClN7O/c1-22(2)16-20-12(6-14(25)21-16)9-23(3)13-4-5-24(10-13)15-18-7-11(17)8-19-15/h6-8,13H,4-5,9-10H2,1-3H3,(H,20,21,25)/t13-/m0/s1. The van der Waals surface area contributed by atoms with E-state index in [1.54, 1.807) is 23.4 Å². The molecule has 3 rings (SSSR count). The molecular weight excluding hydrogens is 342 g/mol. The molecule has 0 spiro atoms. The highest BCUT2D eigenvalue weighted by Crippen LogP contribution is 2.20. The Bertz CT molecular complexity index is 777. The number of nitrogens with one attached hydrogen (secondary N) is 1. The van der Waals surface area contributed by atoms with Gasteiger partial charge in [0.2, 0.25) is 11.9 Å². The van der Waals surface area contributed by atoms with Gasteiger partial charge in [-0.05, 0) is 13.5 Å². The zero-order valence-corrected chi connectivity index (χ0v) is 15.4. The van der Waals surface area contributed by atoms with E-state index >= 15 is 0 Å². The Morgan fingerprint density at radius 2 is 2.04 bits per heavy atom. The summed E-state index contributed by atoms with van der Waals surface area (Å²) in [7, 11) is 5.76. The Morgan fingerprint density at radius 1 is 1.32 bits per heavy atom. The van der Waals surface area contributed by atoms with Crippen molar-refractivity contribution in [1.29, 1.82) is 0 Å². The lowest BCUT2D eigenvalue weighted by Gasteiger charge is -2.24. The van der Waals surface area contributed by atoms with Crippen LogP contribution in [0.5, 0.6) is 0 Å². The highest BCUT2D eigenvalue weighted by Gasteiger charge is 2.27. The van der Waals surface area contributed by atoms with Crippen LogP contribution in [-0.4, -0.2) is 65.1 Å². The average Bonchev–Trinajstić information content (AvgIpc) is 3.05. The van der Waals surface area contributed by atoms with Gasteiger partial charge in [0, 0.05) is 45.8 Å². The van der Waals surface area contributed by atoms with Gasteiger partial charge in [0.25, 0.3) is 5.56 Å². The third kappa shape index (κ3) is 4.26. The van der Waals surface area contributed by atoms with Crippen LogP contribution in [0.4, 0.5) is 11.9 Å². The smallest absolute Gasteiger partial charge is 0.252 e. The quantitative estimate of drug-likeness (QED) is 0.848. The number of aromatic nitrogens is 4. The number of rotatable bonds is 5. The van der Waals surface area contributed by atoms with Crippen LogP contribution in [0, 0.1) is 0 Å². The number of anilines is 2. The third-order valence-corrected chi connectivity index (χ3v) is 4.49. The molecular formula is C16H22ClN7O. The molecule has 1 aliphatic rings. The van der Waals surface area contributed by atoms with Crippen LogP contribution in [0.25, 0.3) is 0 Å². The highest BCUT2D eigenvalue weighted by molar-refractivity contribution is 6.30. The van der Waals surface area contributed by atoms with E-state index in [-0.39, 0.29) is 5.56 Å². The summed E-state index contributed by atoms with van der Waals surface area (Å²) in [5.74, 6) is 1.27. The molecule has 1 atom stereocenters. The molecule has 0 saturated carbocycles. The molecule has 2 aromatic rings. The molecule has 0 unspecified atom stereocenters. The van der Waals surface area contributed by atoms with Gasteiger partial charge in [-0.25, -0.2) is 15.0 Å². The maximum Gasteiger partial charge on any atom is 0.252 e. The lowest BCUT2D eigenvalue weighted by atomic mass is 10.2. The number of likely N-dealkylation sites (N-methyl/N-ethyl adjacent to an activating group) is 1. The van der Waals surface area contributed by atoms with Crippen LogP contribution in [0.15, 0.2) is 23.3 Å². The van der Waals surface area contributed by atoms with Crippen molar-refractivity contribution < 1.29 is 0 Å². The highest BCUT2D eigenvalue weighted by atomic mass is 35.5. The number of nitrogens with zero attached hydrogens (tertiary/aromatic N) is 6. The molecule has 1 saturated heterocycles. The molecule has 0 aromatic carbocycles. The minimum absolute atomic E-state index is 0.135. The number of halogens is 1. The van der Waals surface area contributed by atoms with E-state index in [0.29, 0.717) is 29.5 Å². The summed E-state index contributed by atoms with van der Waals surface area (Å²) in [6.45, 7) is 2.34. The van der Waals surface area contributed by atoms with Crippen LogP contribution in [0.1, 0.15) is 12.1 Å². The number of hydrogen-bond acceptors (Lipinski definition) is 7. The minimum Gasteiger partial charge on any atom is -0.348 e. The fourth-order valence-corrected chi connectivity index (χ4v) is 3.02. The van der Waals surface area contributed by atoms with Crippen LogP contribution < -0.4 is 15.4 Å². The second kappa shape index (κ2) is 7.37. The first kappa shape index (κ1) is 17.6. The first-order valence-corrected chi connectivity index (χ1v) is 8.50. The molecule has 9 heteroatoms. The van der Waals surface area contributed by atoms with Crippen molar-refractivity contribution in [1.82, 2.24) is 24.8 Å². The summed E-state index contributed by atoms with van der Waals surface area (Å²) < 4.78 is 0. The topological polar surface area (TPSA) is 81.2 Å². The van der Waals surface area contributed by atoms with E-state index in [1.165, 1.54) is 0 Å². The molecule has 134 valence electrons. The summed E-state index contributed by atoms with van der Waals surface area (Å²) in [6.07, 6.45) is 4.24. The number of H-pyrrole nitrogens is 1. The number of aromatic amines is 1. The predicted molar refractivity (Wildman–Crippen MR) is 98.3 cm³/mol. The molecule has 3 heterocycles. The van der Waals surface area contributed by atoms with Gasteiger partial charge >= 0.3 is 0 Å². The SMILES string of the molecule is CN(C)c1nc(CN(C)[C@H]2CCN(c3ncc(Cl)cn3)C2)cc(=O)[nH]1. The van der Waals surface area contributed by atoms with Gasteiger partial charge in [0.15, 0.2) is 0 Å². The normalized spacial score (nSPS) is 17.3. The van der Waals surface area contributed by atoms with E-state index in [2.05, 4.69) is 36.8 Å². The van der Waals surface area contributed by atoms with Gasteiger partial charge < -0.3 is 9.80 Å². The van der Waals surface area contributed by atoms with Gasteiger partial charge in [-0.15, -0.1) is 0 Å². The van der Waals surface area contributed by atoms with E-state index in [1.807, 2.05) is 14.1 Å².